The summed E-state index contributed by atoms with van der Waals surface area (Å²) < 4.78 is 45.2. The molecule has 1 N–H and O–H groups in total. The van der Waals surface area contributed by atoms with E-state index in [1.807, 2.05) is 6.07 Å². The molecule has 0 aliphatic heterocycles. The highest BCUT2D eigenvalue weighted by molar-refractivity contribution is 5.70. The number of phenolic OH excluding ortho intramolecular Hbond substituents is 1. The second-order valence-corrected chi connectivity index (χ2v) is 7.14. The van der Waals surface area contributed by atoms with Crippen LogP contribution >= 0.6 is 0 Å². The Hall–Kier alpha value is -3.94. The molecule has 1 aromatic heterocycles. The average Bonchev–Trinajstić information content (AvgIpc) is 2.78. The number of methoxy groups -OCH3 is 1. The van der Waals surface area contributed by atoms with Gasteiger partial charge in [0.2, 0.25) is 0 Å². The van der Waals surface area contributed by atoms with Gasteiger partial charge in [0.1, 0.15) is 11.5 Å². The summed E-state index contributed by atoms with van der Waals surface area (Å²) in [6.45, 7) is 1.58. The molecule has 0 aliphatic rings. The largest absolute Gasteiger partial charge is 0.507 e. The van der Waals surface area contributed by atoms with Gasteiger partial charge in [-0.05, 0) is 42.8 Å². The molecule has 162 valence electrons. The Balaban J connectivity index is 1.94. The van der Waals surface area contributed by atoms with Crippen molar-refractivity contribution >= 4 is 0 Å². The first-order chi connectivity index (χ1) is 15.2. The van der Waals surface area contributed by atoms with Crippen LogP contribution in [0.2, 0.25) is 0 Å². The smallest absolute Gasteiger partial charge is 0.416 e. The van der Waals surface area contributed by atoms with Gasteiger partial charge in [0.15, 0.2) is 17.5 Å². The fourth-order valence-electron chi connectivity index (χ4n) is 3.25. The maximum absolute atomic E-state index is 13.4. The summed E-state index contributed by atoms with van der Waals surface area (Å²) in [4.78, 5) is 13.3. The zero-order valence-electron chi connectivity index (χ0n) is 17.2. The zero-order chi connectivity index (χ0) is 22.9. The van der Waals surface area contributed by atoms with Crippen molar-refractivity contribution in [1.82, 2.24) is 15.0 Å². The van der Waals surface area contributed by atoms with Gasteiger partial charge in [-0.25, -0.2) is 15.0 Å². The molecule has 0 aliphatic carbocycles. The van der Waals surface area contributed by atoms with Crippen LogP contribution in [0, 0.1) is 6.92 Å². The van der Waals surface area contributed by atoms with Gasteiger partial charge < -0.3 is 9.84 Å². The van der Waals surface area contributed by atoms with Crippen molar-refractivity contribution in [2.75, 3.05) is 7.11 Å². The monoisotopic (exact) mass is 437 g/mol. The molecule has 0 radical (unpaired) electrons. The molecule has 0 spiro atoms. The van der Waals surface area contributed by atoms with Gasteiger partial charge in [-0.2, -0.15) is 13.2 Å². The van der Waals surface area contributed by atoms with Crippen LogP contribution in [0.25, 0.3) is 34.2 Å². The van der Waals surface area contributed by atoms with Crippen LogP contribution in [0.4, 0.5) is 13.2 Å². The van der Waals surface area contributed by atoms with E-state index < -0.39 is 11.7 Å². The van der Waals surface area contributed by atoms with Crippen molar-refractivity contribution in [1.29, 1.82) is 0 Å². The maximum Gasteiger partial charge on any atom is 0.416 e. The highest BCUT2D eigenvalue weighted by Gasteiger charge is 2.31. The Morgan fingerprint density at radius 1 is 0.781 bits per heavy atom. The normalized spacial score (nSPS) is 11.4. The molecule has 0 saturated heterocycles. The van der Waals surface area contributed by atoms with E-state index in [0.717, 1.165) is 12.1 Å². The Bertz CT molecular complexity index is 1280. The Kier molecular flexibility index (Phi) is 5.52. The summed E-state index contributed by atoms with van der Waals surface area (Å²) in [5.41, 5.74) is 0.795. The SMILES string of the molecule is COc1ccc(-c2nc(-c3ccccc3)nc(-c3cc(C)cc(C(F)(F)F)c3)n2)c(O)c1. The number of rotatable bonds is 4. The molecule has 4 aromatic rings. The second-order valence-electron chi connectivity index (χ2n) is 7.14. The van der Waals surface area contributed by atoms with Crippen LogP contribution in [0.3, 0.4) is 0 Å². The average molecular weight is 437 g/mol. The van der Waals surface area contributed by atoms with Crippen molar-refractivity contribution in [2.24, 2.45) is 0 Å². The lowest BCUT2D eigenvalue weighted by atomic mass is 10.1. The summed E-state index contributed by atoms with van der Waals surface area (Å²) in [5.74, 6) is 0.788. The van der Waals surface area contributed by atoms with Crippen LogP contribution in [0.15, 0.2) is 66.7 Å². The first kappa shape index (κ1) is 21.3. The summed E-state index contributed by atoms with van der Waals surface area (Å²) >= 11 is 0. The van der Waals surface area contributed by atoms with Crippen molar-refractivity contribution in [3.05, 3.63) is 77.9 Å². The number of hydrogen-bond donors (Lipinski definition) is 1. The first-order valence-electron chi connectivity index (χ1n) is 9.63. The van der Waals surface area contributed by atoms with Crippen LogP contribution in [-0.2, 0) is 6.18 Å². The molecule has 3 aromatic carbocycles. The van der Waals surface area contributed by atoms with Crippen molar-refractivity contribution in [3.63, 3.8) is 0 Å². The molecule has 8 heteroatoms. The number of benzene rings is 3. The molecular formula is C24H18F3N3O2. The summed E-state index contributed by atoms with van der Waals surface area (Å²) in [6.07, 6.45) is -4.51. The lowest BCUT2D eigenvalue weighted by Crippen LogP contribution is -2.06. The van der Waals surface area contributed by atoms with Crippen molar-refractivity contribution in [2.45, 2.75) is 13.1 Å². The first-order valence-corrected chi connectivity index (χ1v) is 9.63. The van der Waals surface area contributed by atoms with Gasteiger partial charge in [0, 0.05) is 17.2 Å². The Morgan fingerprint density at radius 3 is 2.06 bits per heavy atom. The minimum atomic E-state index is -4.51. The van der Waals surface area contributed by atoms with Crippen molar-refractivity contribution < 1.29 is 23.0 Å². The van der Waals surface area contributed by atoms with Gasteiger partial charge in [0.05, 0.1) is 18.2 Å². The number of alkyl halides is 3. The van der Waals surface area contributed by atoms with E-state index in [4.69, 9.17) is 4.74 Å². The van der Waals surface area contributed by atoms with Gasteiger partial charge >= 0.3 is 6.18 Å². The highest BCUT2D eigenvalue weighted by Crippen LogP contribution is 2.35. The number of halogens is 3. The van der Waals surface area contributed by atoms with E-state index in [0.29, 0.717) is 22.4 Å². The van der Waals surface area contributed by atoms with Gasteiger partial charge in [-0.3, -0.25) is 0 Å². The predicted octanol–water partition coefficient (Wildman–Crippen LogP) is 5.91. The molecule has 0 fully saturated rings. The van der Waals surface area contributed by atoms with E-state index in [1.54, 1.807) is 49.4 Å². The minimum Gasteiger partial charge on any atom is -0.507 e. The number of ether oxygens (including phenoxy) is 1. The van der Waals surface area contributed by atoms with Gasteiger partial charge in [-0.15, -0.1) is 0 Å². The van der Waals surface area contributed by atoms with Crippen LogP contribution in [0.5, 0.6) is 11.5 Å². The number of aromatic hydroxyl groups is 1. The number of hydrogen-bond acceptors (Lipinski definition) is 5. The minimum absolute atomic E-state index is 0.0678. The predicted molar refractivity (Wildman–Crippen MR) is 114 cm³/mol. The molecule has 0 amide bonds. The second kappa shape index (κ2) is 8.30. The molecule has 1 heterocycles. The van der Waals surface area contributed by atoms with E-state index >= 15 is 0 Å². The zero-order valence-corrected chi connectivity index (χ0v) is 17.2. The Morgan fingerprint density at radius 2 is 1.44 bits per heavy atom. The molecule has 0 atom stereocenters. The van der Waals surface area contributed by atoms with E-state index in [2.05, 4.69) is 15.0 Å². The standard InChI is InChI=1S/C24H18F3N3O2/c1-14-10-16(12-17(11-14)24(25,26)27)22-28-21(15-6-4-3-5-7-15)29-23(30-22)19-9-8-18(32-2)13-20(19)31/h3-13,31H,1-2H3. The number of aryl methyl sites for hydroxylation is 1. The fraction of sp³-hybridized carbons (Fsp3) is 0.125. The number of phenols is 1. The number of aromatic nitrogens is 3. The molecule has 4 rings (SSSR count). The topological polar surface area (TPSA) is 68.1 Å². The van der Waals surface area contributed by atoms with Crippen LogP contribution in [0.1, 0.15) is 11.1 Å². The molecule has 0 saturated carbocycles. The summed E-state index contributed by atoms with van der Waals surface area (Å²) in [5, 5.41) is 10.5. The van der Waals surface area contributed by atoms with Crippen molar-refractivity contribution in [3.8, 4) is 45.7 Å². The third-order valence-corrected chi connectivity index (χ3v) is 4.78. The van der Waals surface area contributed by atoms with Gasteiger partial charge in [0.25, 0.3) is 0 Å². The maximum atomic E-state index is 13.4. The van der Waals surface area contributed by atoms with E-state index in [9.17, 15) is 18.3 Å². The number of nitrogens with zero attached hydrogens (tertiary/aromatic N) is 3. The van der Waals surface area contributed by atoms with Crippen LogP contribution < -0.4 is 4.74 Å². The van der Waals surface area contributed by atoms with Gasteiger partial charge in [-0.1, -0.05) is 30.3 Å². The quantitative estimate of drug-likeness (QED) is 0.430. The lowest BCUT2D eigenvalue weighted by molar-refractivity contribution is -0.137. The van der Waals surface area contributed by atoms with E-state index in [1.165, 1.54) is 13.2 Å². The third-order valence-electron chi connectivity index (χ3n) is 4.78. The highest BCUT2D eigenvalue weighted by atomic mass is 19.4. The third kappa shape index (κ3) is 4.39. The van der Waals surface area contributed by atoms with E-state index in [-0.39, 0.29) is 28.8 Å². The fourth-order valence-corrected chi connectivity index (χ4v) is 3.25. The molecular weight excluding hydrogens is 419 g/mol. The lowest BCUT2D eigenvalue weighted by Gasteiger charge is -2.12. The Labute approximate surface area is 182 Å². The molecule has 0 unspecified atom stereocenters. The molecule has 32 heavy (non-hydrogen) atoms. The summed E-state index contributed by atoms with van der Waals surface area (Å²) in [7, 11) is 1.47. The van der Waals surface area contributed by atoms with Crippen LogP contribution in [-0.4, -0.2) is 27.2 Å². The molecule has 5 nitrogen and oxygen atoms in total. The molecule has 0 bridgehead atoms. The summed E-state index contributed by atoms with van der Waals surface area (Å²) in [6, 6.07) is 17.3.